The van der Waals surface area contributed by atoms with Crippen LogP contribution in [0, 0.1) is 12.7 Å². The zero-order chi connectivity index (χ0) is 15.6. The SMILES string of the molecule is Cc1cc(N)cc(C(=O)N(C)Cc2ccc(O)cc2)c1F. The molecule has 0 fully saturated rings. The number of carbonyl (C=O) groups excluding carboxylic acids is 1. The summed E-state index contributed by atoms with van der Waals surface area (Å²) < 4.78 is 14.0. The van der Waals surface area contributed by atoms with Crippen molar-refractivity contribution < 1.29 is 14.3 Å². The first-order chi connectivity index (χ1) is 9.88. The Morgan fingerprint density at radius 1 is 1.29 bits per heavy atom. The summed E-state index contributed by atoms with van der Waals surface area (Å²) in [5.41, 5.74) is 7.18. The van der Waals surface area contributed by atoms with E-state index < -0.39 is 11.7 Å². The molecule has 110 valence electrons. The molecule has 0 atom stereocenters. The summed E-state index contributed by atoms with van der Waals surface area (Å²) in [7, 11) is 1.59. The van der Waals surface area contributed by atoms with Crippen LogP contribution in [0.3, 0.4) is 0 Å². The van der Waals surface area contributed by atoms with Crippen molar-refractivity contribution in [2.75, 3.05) is 12.8 Å². The molecule has 0 aliphatic heterocycles. The summed E-state index contributed by atoms with van der Waals surface area (Å²) >= 11 is 0. The van der Waals surface area contributed by atoms with Gasteiger partial charge in [-0.05, 0) is 42.3 Å². The van der Waals surface area contributed by atoms with Gasteiger partial charge in [-0.3, -0.25) is 4.79 Å². The molecule has 1 amide bonds. The van der Waals surface area contributed by atoms with E-state index in [1.807, 2.05) is 0 Å². The zero-order valence-electron chi connectivity index (χ0n) is 11.9. The van der Waals surface area contributed by atoms with Crippen molar-refractivity contribution in [2.24, 2.45) is 0 Å². The maximum atomic E-state index is 14.0. The summed E-state index contributed by atoms with van der Waals surface area (Å²) in [5, 5.41) is 9.23. The third kappa shape index (κ3) is 3.31. The summed E-state index contributed by atoms with van der Waals surface area (Å²) in [6, 6.07) is 9.34. The van der Waals surface area contributed by atoms with Gasteiger partial charge in [0, 0.05) is 19.3 Å². The van der Waals surface area contributed by atoms with Crippen LogP contribution in [0.25, 0.3) is 0 Å². The number of nitrogens with two attached hydrogens (primary N) is 1. The number of rotatable bonds is 3. The number of aromatic hydroxyl groups is 1. The van der Waals surface area contributed by atoms with Crippen molar-refractivity contribution in [3.05, 3.63) is 58.9 Å². The normalized spacial score (nSPS) is 10.4. The number of nitrogen functional groups attached to an aromatic ring is 1. The van der Waals surface area contributed by atoms with Crippen LogP contribution in [0.15, 0.2) is 36.4 Å². The summed E-state index contributed by atoms with van der Waals surface area (Å²) in [6.07, 6.45) is 0. The van der Waals surface area contributed by atoms with Crippen molar-refractivity contribution in [3.63, 3.8) is 0 Å². The van der Waals surface area contributed by atoms with E-state index in [-0.39, 0.29) is 11.3 Å². The van der Waals surface area contributed by atoms with E-state index in [9.17, 15) is 14.3 Å². The van der Waals surface area contributed by atoms with E-state index >= 15 is 0 Å². The first kappa shape index (κ1) is 14.8. The van der Waals surface area contributed by atoms with Crippen LogP contribution in [-0.2, 0) is 6.54 Å². The van der Waals surface area contributed by atoms with E-state index in [4.69, 9.17) is 5.73 Å². The second-order valence-corrected chi connectivity index (χ2v) is 5.03. The van der Waals surface area contributed by atoms with Crippen LogP contribution in [0.2, 0.25) is 0 Å². The van der Waals surface area contributed by atoms with Gasteiger partial charge in [0.2, 0.25) is 0 Å². The Bertz CT molecular complexity index is 669. The predicted octanol–water partition coefficient (Wildman–Crippen LogP) is 2.69. The smallest absolute Gasteiger partial charge is 0.256 e. The molecular formula is C16H17FN2O2. The Morgan fingerprint density at radius 3 is 2.52 bits per heavy atom. The number of benzene rings is 2. The molecular weight excluding hydrogens is 271 g/mol. The van der Waals surface area contributed by atoms with Gasteiger partial charge in [-0.25, -0.2) is 4.39 Å². The number of nitrogens with zero attached hydrogens (tertiary/aromatic N) is 1. The van der Waals surface area contributed by atoms with Gasteiger partial charge in [0.25, 0.3) is 5.91 Å². The minimum absolute atomic E-state index is 0.0335. The van der Waals surface area contributed by atoms with Crippen LogP contribution in [0.4, 0.5) is 10.1 Å². The number of hydrogen-bond acceptors (Lipinski definition) is 3. The first-order valence-electron chi connectivity index (χ1n) is 6.47. The summed E-state index contributed by atoms with van der Waals surface area (Å²) in [5.74, 6) is -0.826. The molecule has 0 aliphatic carbocycles. The quantitative estimate of drug-likeness (QED) is 0.853. The maximum Gasteiger partial charge on any atom is 0.256 e. The van der Waals surface area contributed by atoms with Gasteiger partial charge in [0.15, 0.2) is 0 Å². The summed E-state index contributed by atoms with van der Waals surface area (Å²) in [6.45, 7) is 1.88. The zero-order valence-corrected chi connectivity index (χ0v) is 11.9. The molecule has 0 saturated carbocycles. The van der Waals surface area contributed by atoms with Crippen LogP contribution in [0.1, 0.15) is 21.5 Å². The van der Waals surface area contributed by atoms with E-state index in [0.717, 1.165) is 5.56 Å². The minimum Gasteiger partial charge on any atom is -0.508 e. The number of amides is 1. The number of phenolic OH excluding ortho intramolecular Hbond substituents is 1. The molecule has 2 aromatic rings. The molecule has 2 rings (SSSR count). The highest BCUT2D eigenvalue weighted by Crippen LogP contribution is 2.19. The number of carbonyl (C=O) groups is 1. The van der Waals surface area contributed by atoms with Crippen molar-refractivity contribution in [3.8, 4) is 5.75 Å². The molecule has 0 aliphatic rings. The molecule has 0 bridgehead atoms. The third-order valence-corrected chi connectivity index (χ3v) is 3.21. The standard InChI is InChI=1S/C16H17FN2O2/c1-10-7-12(18)8-14(15(10)17)16(21)19(2)9-11-3-5-13(20)6-4-11/h3-8,20H,9,18H2,1-2H3. The second kappa shape index (κ2) is 5.83. The molecule has 0 heterocycles. The van der Waals surface area contributed by atoms with Crippen molar-refractivity contribution >= 4 is 11.6 Å². The fraction of sp³-hybridized carbons (Fsp3) is 0.188. The predicted molar refractivity (Wildman–Crippen MR) is 79.5 cm³/mol. The number of phenols is 1. The van der Waals surface area contributed by atoms with Gasteiger partial charge in [0.1, 0.15) is 11.6 Å². The lowest BCUT2D eigenvalue weighted by molar-refractivity contribution is 0.0780. The van der Waals surface area contributed by atoms with Gasteiger partial charge >= 0.3 is 0 Å². The largest absolute Gasteiger partial charge is 0.508 e. The molecule has 0 unspecified atom stereocenters. The highest BCUT2D eigenvalue weighted by Gasteiger charge is 2.18. The van der Waals surface area contributed by atoms with Crippen molar-refractivity contribution in [1.82, 2.24) is 4.90 Å². The molecule has 0 aromatic heterocycles. The molecule has 0 spiro atoms. The van der Waals surface area contributed by atoms with Crippen LogP contribution in [-0.4, -0.2) is 23.0 Å². The molecule has 0 radical (unpaired) electrons. The van der Waals surface area contributed by atoms with Crippen LogP contribution >= 0.6 is 0 Å². The Balaban J connectivity index is 2.21. The minimum atomic E-state index is -0.549. The average Bonchev–Trinajstić information content (AvgIpc) is 2.44. The van der Waals surface area contributed by atoms with Crippen LogP contribution in [0.5, 0.6) is 5.75 Å². The average molecular weight is 288 g/mol. The molecule has 3 N–H and O–H groups in total. The van der Waals surface area contributed by atoms with E-state index in [2.05, 4.69) is 0 Å². The van der Waals surface area contributed by atoms with Gasteiger partial charge in [-0.1, -0.05) is 12.1 Å². The number of halogens is 1. The van der Waals surface area contributed by atoms with Gasteiger partial charge in [-0.15, -0.1) is 0 Å². The third-order valence-electron chi connectivity index (χ3n) is 3.21. The van der Waals surface area contributed by atoms with Crippen molar-refractivity contribution in [2.45, 2.75) is 13.5 Å². The lowest BCUT2D eigenvalue weighted by Gasteiger charge is -2.18. The fourth-order valence-electron chi connectivity index (χ4n) is 2.11. The molecule has 4 nitrogen and oxygen atoms in total. The fourth-order valence-corrected chi connectivity index (χ4v) is 2.11. The second-order valence-electron chi connectivity index (χ2n) is 5.03. The monoisotopic (exact) mass is 288 g/mol. The molecule has 21 heavy (non-hydrogen) atoms. The molecule has 0 saturated heterocycles. The Morgan fingerprint density at radius 2 is 1.90 bits per heavy atom. The Kier molecular flexibility index (Phi) is 4.12. The lowest BCUT2D eigenvalue weighted by Crippen LogP contribution is -2.27. The molecule has 5 heteroatoms. The molecule has 2 aromatic carbocycles. The van der Waals surface area contributed by atoms with Crippen LogP contribution < -0.4 is 5.73 Å². The van der Waals surface area contributed by atoms with E-state index in [0.29, 0.717) is 17.8 Å². The highest BCUT2D eigenvalue weighted by molar-refractivity contribution is 5.95. The van der Waals surface area contributed by atoms with Gasteiger partial charge in [-0.2, -0.15) is 0 Å². The van der Waals surface area contributed by atoms with Gasteiger partial charge < -0.3 is 15.7 Å². The first-order valence-corrected chi connectivity index (χ1v) is 6.47. The van der Waals surface area contributed by atoms with Gasteiger partial charge in [0.05, 0.1) is 5.56 Å². The van der Waals surface area contributed by atoms with Crippen molar-refractivity contribution in [1.29, 1.82) is 0 Å². The Labute approximate surface area is 122 Å². The number of aryl methyl sites for hydroxylation is 1. The number of anilines is 1. The topological polar surface area (TPSA) is 66.6 Å². The van der Waals surface area contributed by atoms with E-state index in [1.165, 1.54) is 17.0 Å². The summed E-state index contributed by atoms with van der Waals surface area (Å²) in [4.78, 5) is 13.7. The maximum absolute atomic E-state index is 14.0. The number of hydrogen-bond donors (Lipinski definition) is 2. The lowest BCUT2D eigenvalue weighted by atomic mass is 10.1. The Hall–Kier alpha value is -2.56. The van der Waals surface area contributed by atoms with E-state index in [1.54, 1.807) is 38.2 Å². The highest BCUT2D eigenvalue weighted by atomic mass is 19.1.